The van der Waals surface area contributed by atoms with Crippen molar-refractivity contribution in [2.75, 3.05) is 5.73 Å². The van der Waals surface area contributed by atoms with E-state index in [1.165, 1.54) is 4.88 Å². The lowest BCUT2D eigenvalue weighted by Crippen LogP contribution is -2.09. The van der Waals surface area contributed by atoms with Crippen LogP contribution in [0.3, 0.4) is 0 Å². The number of benzene rings is 1. The third-order valence-electron chi connectivity index (χ3n) is 3.66. The van der Waals surface area contributed by atoms with Crippen molar-refractivity contribution in [3.63, 3.8) is 0 Å². The highest BCUT2D eigenvalue weighted by Gasteiger charge is 2.20. The van der Waals surface area contributed by atoms with Crippen molar-refractivity contribution in [1.29, 1.82) is 0 Å². The topological polar surface area (TPSA) is 56.7 Å². The van der Waals surface area contributed by atoms with Gasteiger partial charge in [-0.25, -0.2) is 9.97 Å². The zero-order chi connectivity index (χ0) is 14.4. The number of imidazole rings is 1. The zero-order valence-corrected chi connectivity index (χ0v) is 13.0. The molecule has 104 valence electrons. The van der Waals surface area contributed by atoms with Gasteiger partial charge in [-0.2, -0.15) is 0 Å². The minimum absolute atomic E-state index is 0.146. The molecule has 0 aliphatic heterocycles. The van der Waals surface area contributed by atoms with E-state index in [1.807, 2.05) is 13.0 Å². The van der Waals surface area contributed by atoms with Crippen molar-refractivity contribution in [3.8, 4) is 0 Å². The highest BCUT2D eigenvalue weighted by atomic mass is 32.1. The smallest absolute Gasteiger partial charge is 0.201 e. The Morgan fingerprint density at radius 2 is 1.95 bits per heavy atom. The number of thiazole rings is 1. The fraction of sp³-hybridized carbons (Fsp3) is 0.333. The van der Waals surface area contributed by atoms with E-state index in [2.05, 4.69) is 47.4 Å². The lowest BCUT2D eigenvalue weighted by molar-refractivity contribution is 0.674. The average molecular weight is 286 g/mol. The fourth-order valence-electron chi connectivity index (χ4n) is 2.73. The van der Waals surface area contributed by atoms with Crippen molar-refractivity contribution in [1.82, 2.24) is 14.5 Å². The van der Waals surface area contributed by atoms with Gasteiger partial charge in [0.15, 0.2) is 0 Å². The Morgan fingerprint density at radius 1 is 1.20 bits per heavy atom. The third-order valence-corrected chi connectivity index (χ3v) is 4.90. The van der Waals surface area contributed by atoms with Crippen LogP contribution in [0.4, 0.5) is 5.95 Å². The molecule has 2 heterocycles. The molecule has 0 amide bonds. The Hall–Kier alpha value is -1.88. The van der Waals surface area contributed by atoms with Crippen molar-refractivity contribution in [2.45, 2.75) is 33.7 Å². The molecule has 1 aromatic carbocycles. The molecule has 20 heavy (non-hydrogen) atoms. The molecule has 4 nitrogen and oxygen atoms in total. The fourth-order valence-corrected chi connectivity index (χ4v) is 3.70. The van der Waals surface area contributed by atoms with Crippen LogP contribution in [0.25, 0.3) is 11.0 Å². The number of aryl methyl sites for hydroxylation is 3. The quantitative estimate of drug-likeness (QED) is 0.783. The van der Waals surface area contributed by atoms with Crippen molar-refractivity contribution in [2.24, 2.45) is 0 Å². The standard InChI is InChI=1S/C15H18N4S/c1-8-6-5-7-12-13(8)18-15(16)19(12)10(3)14-9(2)17-11(4)20-14/h5-7,10H,1-4H3,(H2,16,18). The molecule has 0 saturated carbocycles. The molecule has 3 rings (SSSR count). The third kappa shape index (κ3) is 1.89. The second-order valence-corrected chi connectivity index (χ2v) is 6.38. The number of hydrogen-bond donors (Lipinski definition) is 1. The molecule has 0 bridgehead atoms. The van der Waals surface area contributed by atoms with E-state index < -0.39 is 0 Å². The lowest BCUT2D eigenvalue weighted by atomic mass is 10.2. The van der Waals surface area contributed by atoms with Crippen molar-refractivity contribution < 1.29 is 0 Å². The van der Waals surface area contributed by atoms with Gasteiger partial charge >= 0.3 is 0 Å². The number of nitrogen functional groups attached to an aromatic ring is 1. The van der Waals surface area contributed by atoms with Crippen LogP contribution in [0.2, 0.25) is 0 Å². The van der Waals surface area contributed by atoms with Gasteiger partial charge in [0.2, 0.25) is 5.95 Å². The van der Waals surface area contributed by atoms with E-state index in [0.29, 0.717) is 5.95 Å². The van der Waals surface area contributed by atoms with Gasteiger partial charge in [-0.1, -0.05) is 12.1 Å². The second-order valence-electron chi connectivity index (χ2n) is 5.14. The molecule has 0 aliphatic carbocycles. The van der Waals surface area contributed by atoms with E-state index in [-0.39, 0.29) is 6.04 Å². The molecule has 0 aliphatic rings. The van der Waals surface area contributed by atoms with E-state index in [1.54, 1.807) is 11.3 Å². The summed E-state index contributed by atoms with van der Waals surface area (Å²) < 4.78 is 2.10. The van der Waals surface area contributed by atoms with E-state index >= 15 is 0 Å². The van der Waals surface area contributed by atoms with Gasteiger partial charge in [0, 0.05) is 0 Å². The minimum Gasteiger partial charge on any atom is -0.369 e. The maximum atomic E-state index is 6.15. The Bertz CT molecular complexity index is 785. The summed E-state index contributed by atoms with van der Waals surface area (Å²) in [6, 6.07) is 6.33. The largest absolute Gasteiger partial charge is 0.369 e. The first kappa shape index (κ1) is 13.1. The van der Waals surface area contributed by atoms with E-state index in [0.717, 1.165) is 27.3 Å². The maximum Gasteiger partial charge on any atom is 0.201 e. The van der Waals surface area contributed by atoms with Gasteiger partial charge < -0.3 is 10.3 Å². The van der Waals surface area contributed by atoms with Crippen LogP contribution in [0.5, 0.6) is 0 Å². The van der Waals surface area contributed by atoms with Gasteiger partial charge in [0.25, 0.3) is 0 Å². The molecule has 2 N–H and O–H groups in total. The summed E-state index contributed by atoms with van der Waals surface area (Å²) in [5.41, 5.74) is 10.4. The number of fused-ring (bicyclic) bond motifs is 1. The molecule has 0 spiro atoms. The first-order chi connectivity index (χ1) is 9.49. The molecular formula is C15H18N4S. The van der Waals surface area contributed by atoms with Crippen molar-refractivity contribution in [3.05, 3.63) is 39.3 Å². The summed E-state index contributed by atoms with van der Waals surface area (Å²) in [5.74, 6) is 0.562. The zero-order valence-electron chi connectivity index (χ0n) is 12.1. The number of hydrogen-bond acceptors (Lipinski definition) is 4. The summed E-state index contributed by atoms with van der Waals surface area (Å²) in [5, 5.41) is 1.09. The van der Waals surface area contributed by atoms with Gasteiger partial charge in [-0.15, -0.1) is 11.3 Å². The van der Waals surface area contributed by atoms with Crippen LogP contribution in [0.1, 0.15) is 34.1 Å². The maximum absolute atomic E-state index is 6.15. The molecule has 3 aromatic rings. The van der Waals surface area contributed by atoms with Gasteiger partial charge in [0.1, 0.15) is 0 Å². The Morgan fingerprint density at radius 3 is 2.60 bits per heavy atom. The van der Waals surface area contributed by atoms with Gasteiger partial charge in [0.05, 0.1) is 32.7 Å². The highest BCUT2D eigenvalue weighted by molar-refractivity contribution is 7.11. The molecule has 0 fully saturated rings. The van der Waals surface area contributed by atoms with Gasteiger partial charge in [-0.3, -0.25) is 0 Å². The predicted molar refractivity (Wildman–Crippen MR) is 84.3 cm³/mol. The normalized spacial score (nSPS) is 13.0. The lowest BCUT2D eigenvalue weighted by Gasteiger charge is -2.15. The number of anilines is 1. The van der Waals surface area contributed by atoms with Crippen LogP contribution >= 0.6 is 11.3 Å². The first-order valence-electron chi connectivity index (χ1n) is 6.66. The Labute approximate surface area is 122 Å². The predicted octanol–water partition coefficient (Wildman–Crippen LogP) is 3.61. The summed E-state index contributed by atoms with van der Waals surface area (Å²) >= 11 is 1.73. The van der Waals surface area contributed by atoms with E-state index in [4.69, 9.17) is 5.73 Å². The van der Waals surface area contributed by atoms with Gasteiger partial charge in [-0.05, 0) is 39.3 Å². The molecule has 1 atom stereocenters. The monoisotopic (exact) mass is 286 g/mol. The summed E-state index contributed by atoms with van der Waals surface area (Å²) in [6.45, 7) is 8.30. The average Bonchev–Trinajstić information content (AvgIpc) is 2.89. The van der Waals surface area contributed by atoms with E-state index in [9.17, 15) is 0 Å². The summed E-state index contributed by atoms with van der Waals surface area (Å²) in [7, 11) is 0. The minimum atomic E-state index is 0.146. The van der Waals surface area contributed by atoms with Crippen LogP contribution < -0.4 is 5.73 Å². The molecular weight excluding hydrogens is 268 g/mol. The van der Waals surface area contributed by atoms with Crippen LogP contribution in [0, 0.1) is 20.8 Å². The summed E-state index contributed by atoms with van der Waals surface area (Å²) in [6.07, 6.45) is 0. The number of nitrogens with two attached hydrogens (primary N) is 1. The molecule has 0 saturated heterocycles. The second kappa shape index (κ2) is 4.59. The van der Waals surface area contributed by atoms with Crippen molar-refractivity contribution >= 4 is 28.3 Å². The first-order valence-corrected chi connectivity index (χ1v) is 7.47. The molecule has 1 unspecified atom stereocenters. The Kier molecular flexibility index (Phi) is 3.01. The number of para-hydroxylation sites is 1. The van der Waals surface area contributed by atoms with Crippen LogP contribution in [0.15, 0.2) is 18.2 Å². The number of rotatable bonds is 2. The highest BCUT2D eigenvalue weighted by Crippen LogP contribution is 2.32. The molecule has 2 aromatic heterocycles. The summed E-state index contributed by atoms with van der Waals surface area (Å²) in [4.78, 5) is 10.3. The van der Waals surface area contributed by atoms with Crippen LogP contribution in [-0.4, -0.2) is 14.5 Å². The Balaban J connectivity index is 2.21. The molecule has 0 radical (unpaired) electrons. The molecule has 5 heteroatoms. The number of aromatic nitrogens is 3. The SMILES string of the molecule is Cc1nc(C)c(C(C)n2c(N)nc3c(C)cccc32)s1. The number of nitrogens with zero attached hydrogens (tertiary/aromatic N) is 3. The van der Waals surface area contributed by atoms with Crippen LogP contribution in [-0.2, 0) is 0 Å².